The second kappa shape index (κ2) is 6.57. The SMILES string of the molecule is COc1ccc(-c2cc(Cl)cc3c2O[C@H](C(F)(F)F)C(C(=O)O)=C3)cc1. The van der Waals surface area contributed by atoms with Gasteiger partial charge in [-0.05, 0) is 35.9 Å². The van der Waals surface area contributed by atoms with Crippen LogP contribution in [-0.2, 0) is 4.79 Å². The summed E-state index contributed by atoms with van der Waals surface area (Å²) in [5, 5.41) is 9.36. The molecule has 0 spiro atoms. The Labute approximate surface area is 151 Å². The summed E-state index contributed by atoms with van der Waals surface area (Å²) in [6.07, 6.45) is -6.50. The average molecular weight is 385 g/mol. The van der Waals surface area contributed by atoms with E-state index in [1.807, 2.05) is 0 Å². The number of hydrogen-bond donors (Lipinski definition) is 1. The molecule has 0 fully saturated rings. The van der Waals surface area contributed by atoms with Crippen LogP contribution < -0.4 is 9.47 Å². The molecule has 0 saturated heterocycles. The molecule has 0 saturated carbocycles. The Kier molecular flexibility index (Phi) is 4.58. The lowest BCUT2D eigenvalue weighted by molar-refractivity contribution is -0.187. The van der Waals surface area contributed by atoms with Crippen LogP contribution in [0.15, 0.2) is 42.0 Å². The van der Waals surface area contributed by atoms with Gasteiger partial charge in [-0.2, -0.15) is 13.2 Å². The molecule has 0 unspecified atom stereocenters. The Morgan fingerprint density at radius 3 is 2.42 bits per heavy atom. The van der Waals surface area contributed by atoms with Gasteiger partial charge in [0.25, 0.3) is 0 Å². The maximum absolute atomic E-state index is 13.3. The van der Waals surface area contributed by atoms with Crippen molar-refractivity contribution in [3.8, 4) is 22.6 Å². The normalized spacial score (nSPS) is 16.3. The van der Waals surface area contributed by atoms with Gasteiger partial charge >= 0.3 is 12.1 Å². The zero-order valence-electron chi connectivity index (χ0n) is 13.3. The fraction of sp³-hybridized carbons (Fsp3) is 0.167. The summed E-state index contributed by atoms with van der Waals surface area (Å²) in [6, 6.07) is 9.41. The lowest BCUT2D eigenvalue weighted by Gasteiger charge is -2.28. The van der Waals surface area contributed by atoms with Gasteiger partial charge in [0.1, 0.15) is 11.5 Å². The fourth-order valence-corrected chi connectivity index (χ4v) is 2.91. The average Bonchev–Trinajstić information content (AvgIpc) is 2.59. The predicted molar refractivity (Wildman–Crippen MR) is 89.5 cm³/mol. The first-order valence-corrected chi connectivity index (χ1v) is 7.74. The first-order valence-electron chi connectivity index (χ1n) is 7.37. The molecule has 1 aliphatic rings. The third-order valence-corrected chi connectivity index (χ3v) is 4.08. The Morgan fingerprint density at radius 1 is 1.23 bits per heavy atom. The highest BCUT2D eigenvalue weighted by atomic mass is 35.5. The van der Waals surface area contributed by atoms with Gasteiger partial charge in [-0.25, -0.2) is 4.79 Å². The van der Waals surface area contributed by atoms with E-state index in [9.17, 15) is 18.0 Å². The highest BCUT2D eigenvalue weighted by molar-refractivity contribution is 6.31. The van der Waals surface area contributed by atoms with Crippen LogP contribution in [0.1, 0.15) is 5.56 Å². The van der Waals surface area contributed by atoms with Crippen molar-refractivity contribution in [2.45, 2.75) is 12.3 Å². The van der Waals surface area contributed by atoms with Gasteiger partial charge in [-0.15, -0.1) is 0 Å². The van der Waals surface area contributed by atoms with Crippen LogP contribution >= 0.6 is 11.6 Å². The first-order chi connectivity index (χ1) is 12.2. The zero-order valence-corrected chi connectivity index (χ0v) is 14.1. The van der Waals surface area contributed by atoms with Crippen LogP contribution in [0.4, 0.5) is 13.2 Å². The van der Waals surface area contributed by atoms with Gasteiger partial charge in [0.05, 0.1) is 12.7 Å². The number of ether oxygens (including phenoxy) is 2. The van der Waals surface area contributed by atoms with Gasteiger partial charge in [0.2, 0.25) is 6.10 Å². The molecule has 0 radical (unpaired) electrons. The molecular formula is C18H12ClF3O4. The monoisotopic (exact) mass is 384 g/mol. The number of benzene rings is 2. The molecule has 1 aliphatic heterocycles. The smallest absolute Gasteiger partial charge is 0.430 e. The number of aliphatic carboxylic acids is 1. The van der Waals surface area contributed by atoms with Crippen LogP contribution in [0.5, 0.6) is 11.5 Å². The van der Waals surface area contributed by atoms with Crippen LogP contribution in [0.25, 0.3) is 17.2 Å². The maximum Gasteiger partial charge on any atom is 0.430 e. The molecule has 4 nitrogen and oxygen atoms in total. The number of methoxy groups -OCH3 is 1. The fourth-order valence-electron chi connectivity index (χ4n) is 2.68. The summed E-state index contributed by atoms with van der Waals surface area (Å²) in [7, 11) is 1.49. The van der Waals surface area contributed by atoms with Crippen molar-refractivity contribution in [1.82, 2.24) is 0 Å². The minimum atomic E-state index is -4.88. The quantitative estimate of drug-likeness (QED) is 0.825. The Bertz CT molecular complexity index is 889. The summed E-state index contributed by atoms with van der Waals surface area (Å²) in [4.78, 5) is 11.2. The second-order valence-corrected chi connectivity index (χ2v) is 5.98. The highest BCUT2D eigenvalue weighted by Crippen LogP contribution is 2.44. The van der Waals surface area contributed by atoms with Crippen molar-refractivity contribution in [1.29, 1.82) is 0 Å². The maximum atomic E-state index is 13.3. The van der Waals surface area contributed by atoms with Crippen molar-refractivity contribution in [3.05, 3.63) is 52.6 Å². The van der Waals surface area contributed by atoms with E-state index in [4.69, 9.17) is 26.2 Å². The third kappa shape index (κ3) is 3.35. The first kappa shape index (κ1) is 18.1. The Balaban J connectivity index is 2.18. The molecule has 2 aromatic rings. The van der Waals surface area contributed by atoms with E-state index in [1.54, 1.807) is 24.3 Å². The highest BCUT2D eigenvalue weighted by Gasteiger charge is 2.48. The molecule has 26 heavy (non-hydrogen) atoms. The van der Waals surface area contributed by atoms with Crippen molar-refractivity contribution in [3.63, 3.8) is 0 Å². The number of carbonyl (C=O) groups is 1. The van der Waals surface area contributed by atoms with Crippen molar-refractivity contribution >= 4 is 23.6 Å². The van der Waals surface area contributed by atoms with Crippen molar-refractivity contribution < 1.29 is 32.5 Å². The molecule has 0 aliphatic carbocycles. The molecule has 136 valence electrons. The zero-order chi connectivity index (χ0) is 19.1. The van der Waals surface area contributed by atoms with E-state index in [0.29, 0.717) is 16.9 Å². The van der Waals surface area contributed by atoms with E-state index >= 15 is 0 Å². The lowest BCUT2D eigenvalue weighted by Crippen LogP contribution is -2.40. The van der Waals surface area contributed by atoms with Crippen LogP contribution in [0, 0.1) is 0 Å². The number of alkyl halides is 3. The molecular weight excluding hydrogens is 373 g/mol. The van der Waals surface area contributed by atoms with Crippen molar-refractivity contribution in [2.75, 3.05) is 7.11 Å². The van der Waals surface area contributed by atoms with Gasteiger partial charge in [0, 0.05) is 16.1 Å². The van der Waals surface area contributed by atoms with Crippen molar-refractivity contribution in [2.24, 2.45) is 0 Å². The summed E-state index contributed by atoms with van der Waals surface area (Å²) < 4.78 is 50.0. The molecule has 3 rings (SSSR count). The van der Waals surface area contributed by atoms with Crippen LogP contribution in [0.2, 0.25) is 5.02 Å². The van der Waals surface area contributed by atoms with E-state index < -0.39 is 23.8 Å². The number of hydrogen-bond acceptors (Lipinski definition) is 3. The standard InChI is InChI=1S/C18H12ClF3O4/c1-25-12-4-2-9(3-5-12)13-8-11(19)6-10-7-14(17(23)24)16(18(20,21)22)26-15(10)13/h2-8,16H,1H3,(H,23,24)/t16-/m0/s1. The Hall–Kier alpha value is -2.67. The number of rotatable bonds is 3. The van der Waals surface area contributed by atoms with E-state index in [-0.39, 0.29) is 16.3 Å². The summed E-state index contributed by atoms with van der Waals surface area (Å²) in [5.74, 6) is -1.21. The molecule has 0 aromatic heterocycles. The van der Waals surface area contributed by atoms with Gasteiger partial charge in [0.15, 0.2) is 0 Å². The third-order valence-electron chi connectivity index (χ3n) is 3.86. The minimum absolute atomic E-state index is 0.0770. The van der Waals surface area contributed by atoms with E-state index in [1.165, 1.54) is 19.2 Å². The lowest BCUT2D eigenvalue weighted by atomic mass is 9.95. The van der Waals surface area contributed by atoms with E-state index in [0.717, 1.165) is 6.08 Å². The predicted octanol–water partition coefficient (Wildman–Crippen LogP) is 4.81. The van der Waals surface area contributed by atoms with Gasteiger partial charge in [-0.1, -0.05) is 23.7 Å². The molecule has 0 bridgehead atoms. The van der Waals surface area contributed by atoms with Crippen LogP contribution in [0.3, 0.4) is 0 Å². The number of halogens is 4. The Morgan fingerprint density at radius 2 is 1.88 bits per heavy atom. The van der Waals surface area contributed by atoms with E-state index in [2.05, 4.69) is 0 Å². The number of carboxylic acid groups (broad SMARTS) is 1. The summed E-state index contributed by atoms with van der Waals surface area (Å²) in [5.41, 5.74) is 0.150. The molecule has 2 aromatic carbocycles. The molecule has 1 heterocycles. The minimum Gasteiger partial charge on any atom is -0.497 e. The molecule has 8 heteroatoms. The largest absolute Gasteiger partial charge is 0.497 e. The van der Waals surface area contributed by atoms with Gasteiger partial charge < -0.3 is 14.6 Å². The number of carboxylic acids is 1. The topological polar surface area (TPSA) is 55.8 Å². The molecule has 1 atom stereocenters. The number of fused-ring (bicyclic) bond motifs is 1. The van der Waals surface area contributed by atoms with Gasteiger partial charge in [-0.3, -0.25) is 0 Å². The summed E-state index contributed by atoms with van der Waals surface area (Å²) >= 11 is 6.06. The van der Waals surface area contributed by atoms with Crippen LogP contribution in [-0.4, -0.2) is 30.5 Å². The molecule has 1 N–H and O–H groups in total. The summed E-state index contributed by atoms with van der Waals surface area (Å²) in [6.45, 7) is 0. The molecule has 0 amide bonds. The second-order valence-electron chi connectivity index (χ2n) is 5.54.